The molecule has 0 aromatic heterocycles. The van der Waals surface area contributed by atoms with E-state index in [1.807, 2.05) is 0 Å². The number of hydrogen-bond acceptors (Lipinski definition) is 2. The Morgan fingerprint density at radius 3 is 2.59 bits per heavy atom. The summed E-state index contributed by atoms with van der Waals surface area (Å²) in [4.78, 5) is 12.3. The van der Waals surface area contributed by atoms with Crippen LogP contribution in [0, 0.1) is 5.92 Å². The van der Waals surface area contributed by atoms with Crippen LogP contribution in [0.25, 0.3) is 0 Å². The molecule has 22 heavy (non-hydrogen) atoms. The molecule has 3 N–H and O–H groups in total. The fourth-order valence-corrected chi connectivity index (χ4v) is 4.14. The van der Waals surface area contributed by atoms with Gasteiger partial charge in [-0.05, 0) is 48.3 Å². The average Bonchev–Trinajstić information content (AvgIpc) is 2.89. The molecule has 120 valence electrons. The van der Waals surface area contributed by atoms with Gasteiger partial charge in [-0.15, -0.1) is 0 Å². The van der Waals surface area contributed by atoms with E-state index in [2.05, 4.69) is 31.3 Å². The highest BCUT2D eigenvalue weighted by molar-refractivity contribution is 6.03. The highest BCUT2D eigenvalue weighted by Gasteiger charge is 2.34. The Kier molecular flexibility index (Phi) is 4.53. The average molecular weight is 300 g/mol. The third kappa shape index (κ3) is 2.67. The minimum Gasteiger partial charge on any atom is -0.325 e. The highest BCUT2D eigenvalue weighted by atomic mass is 16.2. The van der Waals surface area contributed by atoms with Crippen molar-refractivity contribution in [2.75, 3.05) is 5.32 Å². The molecule has 1 aliphatic carbocycles. The molecule has 2 unspecified atom stereocenters. The lowest BCUT2D eigenvalue weighted by atomic mass is 9.80. The second-order valence-corrected chi connectivity index (χ2v) is 6.88. The molecule has 2 atom stereocenters. The molecule has 1 saturated carbocycles. The normalized spacial score (nSPS) is 23.2. The fourth-order valence-electron chi connectivity index (χ4n) is 4.14. The Labute approximate surface area is 133 Å². The van der Waals surface area contributed by atoms with Gasteiger partial charge in [-0.1, -0.05) is 45.2 Å². The van der Waals surface area contributed by atoms with Crippen molar-refractivity contribution >= 4 is 11.6 Å². The van der Waals surface area contributed by atoms with Gasteiger partial charge in [0, 0.05) is 11.7 Å². The summed E-state index contributed by atoms with van der Waals surface area (Å²) in [5, 5.41) is 3.12. The van der Waals surface area contributed by atoms with E-state index in [1.54, 1.807) is 0 Å². The zero-order valence-corrected chi connectivity index (χ0v) is 13.8. The molecule has 0 spiro atoms. The van der Waals surface area contributed by atoms with Crippen molar-refractivity contribution in [3.8, 4) is 0 Å². The molecule has 2 aliphatic rings. The molecule has 1 aliphatic heterocycles. The Morgan fingerprint density at radius 2 is 1.95 bits per heavy atom. The van der Waals surface area contributed by atoms with Gasteiger partial charge in [0.05, 0.1) is 5.92 Å². The summed E-state index contributed by atoms with van der Waals surface area (Å²) in [7, 11) is 0. The number of rotatable bonds is 4. The second kappa shape index (κ2) is 6.41. The van der Waals surface area contributed by atoms with Crippen LogP contribution in [-0.4, -0.2) is 5.91 Å². The Morgan fingerprint density at radius 1 is 1.23 bits per heavy atom. The van der Waals surface area contributed by atoms with Crippen LogP contribution in [0.15, 0.2) is 12.1 Å². The van der Waals surface area contributed by atoms with E-state index in [1.165, 1.54) is 48.8 Å². The van der Waals surface area contributed by atoms with E-state index >= 15 is 0 Å². The first-order chi connectivity index (χ1) is 10.7. The summed E-state index contributed by atoms with van der Waals surface area (Å²) >= 11 is 0. The van der Waals surface area contributed by atoms with Crippen molar-refractivity contribution in [3.05, 3.63) is 28.8 Å². The number of hydrogen-bond donors (Lipinski definition) is 2. The first-order valence-corrected chi connectivity index (χ1v) is 8.88. The van der Waals surface area contributed by atoms with Crippen LogP contribution < -0.4 is 11.1 Å². The maximum Gasteiger partial charge on any atom is 0.232 e. The van der Waals surface area contributed by atoms with Gasteiger partial charge >= 0.3 is 0 Å². The SMILES string of the molecule is CCc1cc2c(c(C(N)C3CCCCC3)c1)NC(=O)C2CC. The van der Waals surface area contributed by atoms with Crippen molar-refractivity contribution in [2.45, 2.75) is 70.8 Å². The molecule has 0 bridgehead atoms. The maximum absolute atomic E-state index is 12.3. The number of amides is 1. The third-order valence-electron chi connectivity index (χ3n) is 5.53. The van der Waals surface area contributed by atoms with Gasteiger partial charge in [-0.2, -0.15) is 0 Å². The van der Waals surface area contributed by atoms with Gasteiger partial charge in [-0.3, -0.25) is 4.79 Å². The predicted molar refractivity (Wildman–Crippen MR) is 91.0 cm³/mol. The summed E-state index contributed by atoms with van der Waals surface area (Å²) in [5.41, 5.74) is 11.3. The van der Waals surface area contributed by atoms with E-state index in [0.29, 0.717) is 5.92 Å². The zero-order chi connectivity index (χ0) is 15.7. The summed E-state index contributed by atoms with van der Waals surface area (Å²) in [5.74, 6) is 0.698. The van der Waals surface area contributed by atoms with E-state index in [4.69, 9.17) is 5.73 Å². The number of fused-ring (bicyclic) bond motifs is 1. The molecule has 0 saturated heterocycles. The third-order valence-corrected chi connectivity index (χ3v) is 5.53. The Hall–Kier alpha value is -1.35. The number of anilines is 1. The highest BCUT2D eigenvalue weighted by Crippen LogP contribution is 2.43. The predicted octanol–water partition coefficient (Wildman–Crippen LogP) is 4.27. The summed E-state index contributed by atoms with van der Waals surface area (Å²) in [6, 6.07) is 4.49. The van der Waals surface area contributed by atoms with Crippen molar-refractivity contribution in [3.63, 3.8) is 0 Å². The Bertz CT molecular complexity index is 561. The number of carbonyl (C=O) groups is 1. The van der Waals surface area contributed by atoms with E-state index in [-0.39, 0.29) is 17.9 Å². The lowest BCUT2D eigenvalue weighted by Gasteiger charge is -2.29. The van der Waals surface area contributed by atoms with Crippen LogP contribution >= 0.6 is 0 Å². The monoisotopic (exact) mass is 300 g/mol. The first-order valence-electron chi connectivity index (χ1n) is 8.88. The molecule has 3 heteroatoms. The summed E-state index contributed by atoms with van der Waals surface area (Å²) < 4.78 is 0. The molecule has 1 fully saturated rings. The van der Waals surface area contributed by atoms with Gasteiger partial charge in [0.2, 0.25) is 5.91 Å². The quantitative estimate of drug-likeness (QED) is 0.872. The smallest absolute Gasteiger partial charge is 0.232 e. The van der Waals surface area contributed by atoms with Crippen molar-refractivity contribution in [1.82, 2.24) is 0 Å². The molecule has 1 heterocycles. The fraction of sp³-hybridized carbons (Fsp3) is 0.632. The molecule has 0 radical (unpaired) electrons. The molecular weight excluding hydrogens is 272 g/mol. The summed E-state index contributed by atoms with van der Waals surface area (Å²) in [6.07, 6.45) is 8.20. The second-order valence-electron chi connectivity index (χ2n) is 6.88. The first kappa shape index (κ1) is 15.5. The van der Waals surface area contributed by atoms with Crippen LogP contribution in [0.2, 0.25) is 0 Å². The summed E-state index contributed by atoms with van der Waals surface area (Å²) in [6.45, 7) is 4.25. The molecule has 1 aromatic carbocycles. The number of nitrogens with two attached hydrogens (primary N) is 1. The van der Waals surface area contributed by atoms with Crippen molar-refractivity contribution in [2.24, 2.45) is 11.7 Å². The lowest BCUT2D eigenvalue weighted by molar-refractivity contribution is -0.117. The van der Waals surface area contributed by atoms with E-state index in [0.717, 1.165) is 18.5 Å². The lowest BCUT2D eigenvalue weighted by Crippen LogP contribution is -2.24. The maximum atomic E-state index is 12.3. The molecule has 3 rings (SSSR count). The van der Waals surface area contributed by atoms with Gasteiger partial charge < -0.3 is 11.1 Å². The number of nitrogens with one attached hydrogen (secondary N) is 1. The topological polar surface area (TPSA) is 55.1 Å². The van der Waals surface area contributed by atoms with Gasteiger partial charge in [0.15, 0.2) is 0 Å². The van der Waals surface area contributed by atoms with Crippen molar-refractivity contribution < 1.29 is 4.79 Å². The van der Waals surface area contributed by atoms with E-state index < -0.39 is 0 Å². The number of carbonyl (C=O) groups excluding carboxylic acids is 1. The van der Waals surface area contributed by atoms with Gasteiger partial charge in [0.25, 0.3) is 0 Å². The van der Waals surface area contributed by atoms with Gasteiger partial charge in [0.1, 0.15) is 0 Å². The van der Waals surface area contributed by atoms with Crippen LogP contribution in [0.5, 0.6) is 0 Å². The van der Waals surface area contributed by atoms with Crippen LogP contribution in [0.1, 0.15) is 81.0 Å². The largest absolute Gasteiger partial charge is 0.325 e. The van der Waals surface area contributed by atoms with Crippen LogP contribution in [0.3, 0.4) is 0 Å². The molecule has 3 nitrogen and oxygen atoms in total. The minimum atomic E-state index is -0.00111. The molecule has 1 amide bonds. The standard InChI is InChI=1S/C19H28N2O/c1-3-12-10-15-14(4-2)19(22)21-18(15)16(11-12)17(20)13-8-6-5-7-9-13/h10-11,13-14,17H,3-9,20H2,1-2H3,(H,21,22). The van der Waals surface area contributed by atoms with Gasteiger partial charge in [-0.25, -0.2) is 0 Å². The minimum absolute atomic E-state index is 0.00111. The van der Waals surface area contributed by atoms with Crippen molar-refractivity contribution in [1.29, 1.82) is 0 Å². The molecular formula is C19H28N2O. The number of benzene rings is 1. The number of aryl methyl sites for hydroxylation is 1. The van der Waals surface area contributed by atoms with E-state index in [9.17, 15) is 4.79 Å². The zero-order valence-electron chi connectivity index (χ0n) is 13.8. The Balaban J connectivity index is 2.00. The molecule has 1 aromatic rings. The van der Waals surface area contributed by atoms with Crippen LogP contribution in [-0.2, 0) is 11.2 Å². The van der Waals surface area contributed by atoms with Crippen LogP contribution in [0.4, 0.5) is 5.69 Å².